The summed E-state index contributed by atoms with van der Waals surface area (Å²) in [4.78, 5) is 14.9. The van der Waals surface area contributed by atoms with Crippen LogP contribution in [0, 0.1) is 0 Å². The number of carbonyl (C=O) groups is 1. The number of nitrogens with zero attached hydrogens (tertiary/aromatic N) is 1. The van der Waals surface area contributed by atoms with Gasteiger partial charge < -0.3 is 14.2 Å². The van der Waals surface area contributed by atoms with Crippen LogP contribution < -0.4 is 14.2 Å². The molecule has 3 aromatic carbocycles. The van der Waals surface area contributed by atoms with Crippen molar-refractivity contribution in [3.63, 3.8) is 0 Å². The Balaban J connectivity index is 1.72. The molecular weight excluding hydrogens is 354 g/mol. The number of benzene rings is 3. The second-order valence-corrected chi connectivity index (χ2v) is 6.35. The zero-order valence-corrected chi connectivity index (χ0v) is 15.6. The molecule has 5 heteroatoms. The van der Waals surface area contributed by atoms with Gasteiger partial charge >= 0.3 is 0 Å². The van der Waals surface area contributed by atoms with E-state index in [2.05, 4.69) is 0 Å². The Bertz CT molecular complexity index is 943. The van der Waals surface area contributed by atoms with E-state index in [1.807, 2.05) is 85.8 Å². The van der Waals surface area contributed by atoms with Gasteiger partial charge in [-0.05, 0) is 49.4 Å². The van der Waals surface area contributed by atoms with Gasteiger partial charge in [-0.25, -0.2) is 0 Å². The highest BCUT2D eigenvalue weighted by atomic mass is 16.7. The van der Waals surface area contributed by atoms with Crippen LogP contribution >= 0.6 is 0 Å². The van der Waals surface area contributed by atoms with Crippen LogP contribution in [0.5, 0.6) is 17.2 Å². The lowest BCUT2D eigenvalue weighted by Gasteiger charge is -2.31. The van der Waals surface area contributed by atoms with Crippen molar-refractivity contribution in [2.24, 2.45) is 0 Å². The molecule has 0 radical (unpaired) electrons. The lowest BCUT2D eigenvalue weighted by Crippen LogP contribution is -2.37. The maximum absolute atomic E-state index is 13.2. The van der Waals surface area contributed by atoms with Crippen molar-refractivity contribution < 1.29 is 19.0 Å². The monoisotopic (exact) mass is 375 g/mol. The van der Waals surface area contributed by atoms with Crippen molar-refractivity contribution in [1.82, 2.24) is 4.90 Å². The summed E-state index contributed by atoms with van der Waals surface area (Å²) >= 11 is 0. The molecule has 5 nitrogen and oxygen atoms in total. The van der Waals surface area contributed by atoms with Crippen LogP contribution in [0.15, 0.2) is 78.9 Å². The third-order valence-electron chi connectivity index (χ3n) is 4.58. The fourth-order valence-corrected chi connectivity index (χ4v) is 3.17. The highest BCUT2D eigenvalue weighted by Crippen LogP contribution is 2.36. The van der Waals surface area contributed by atoms with Crippen LogP contribution in [0.25, 0.3) is 0 Å². The molecule has 142 valence electrons. The minimum absolute atomic E-state index is 0.0957. The Morgan fingerprint density at radius 3 is 2.36 bits per heavy atom. The minimum Gasteiger partial charge on any atom is -0.466 e. The predicted octanol–water partition coefficient (Wildman–Crippen LogP) is 4.66. The van der Waals surface area contributed by atoms with Crippen LogP contribution in [0.4, 0.5) is 0 Å². The van der Waals surface area contributed by atoms with Gasteiger partial charge in [-0.1, -0.05) is 36.4 Å². The first-order valence-electron chi connectivity index (χ1n) is 9.23. The molecule has 0 N–H and O–H groups in total. The molecule has 0 saturated carbocycles. The molecule has 0 saturated heterocycles. The third-order valence-corrected chi connectivity index (χ3v) is 4.58. The summed E-state index contributed by atoms with van der Waals surface area (Å²) in [5, 5.41) is 0. The number of rotatable bonds is 6. The summed E-state index contributed by atoms with van der Waals surface area (Å²) < 4.78 is 17.2. The number of ether oxygens (including phenoxy) is 3. The Kier molecular flexibility index (Phi) is 5.15. The Labute approximate surface area is 164 Å². The predicted molar refractivity (Wildman–Crippen MR) is 106 cm³/mol. The maximum atomic E-state index is 13.2. The van der Waals surface area contributed by atoms with Crippen molar-refractivity contribution in [2.75, 3.05) is 13.3 Å². The maximum Gasteiger partial charge on any atom is 0.256 e. The molecule has 1 heterocycles. The average molecular weight is 375 g/mol. The molecule has 1 aliphatic rings. The van der Waals surface area contributed by atoms with Gasteiger partial charge in [-0.15, -0.1) is 0 Å². The summed E-state index contributed by atoms with van der Waals surface area (Å²) in [5.41, 5.74) is 1.44. The van der Waals surface area contributed by atoms with Gasteiger partial charge in [0.25, 0.3) is 5.91 Å². The van der Waals surface area contributed by atoms with Gasteiger partial charge in [-0.2, -0.15) is 0 Å². The summed E-state index contributed by atoms with van der Waals surface area (Å²) in [6.07, 6.45) is -0.602. The second kappa shape index (κ2) is 8.05. The van der Waals surface area contributed by atoms with Crippen LogP contribution in [0.2, 0.25) is 0 Å². The summed E-state index contributed by atoms with van der Waals surface area (Å²) in [6.45, 7) is 2.62. The smallest absolute Gasteiger partial charge is 0.256 e. The number of fused-ring (bicyclic) bond motifs is 1. The molecule has 0 fully saturated rings. The molecule has 0 aliphatic carbocycles. The molecule has 1 amide bonds. The first-order valence-corrected chi connectivity index (χ1v) is 9.23. The molecule has 0 aromatic heterocycles. The number of carbonyl (C=O) groups excluding carboxylic acids is 1. The van der Waals surface area contributed by atoms with Gasteiger partial charge in [-0.3, -0.25) is 9.69 Å². The zero-order chi connectivity index (χ0) is 19.3. The molecule has 0 spiro atoms. The number of para-hydroxylation sites is 1. The summed E-state index contributed by atoms with van der Waals surface area (Å²) in [6, 6.07) is 24.3. The first-order chi connectivity index (χ1) is 13.8. The van der Waals surface area contributed by atoms with Gasteiger partial charge in [0.1, 0.15) is 5.75 Å². The SMILES string of the molecule is CCN(C(=O)c1ccccc1)C(Oc1ccccc1)c1ccc2c(c1)OCO2. The fourth-order valence-electron chi connectivity index (χ4n) is 3.17. The summed E-state index contributed by atoms with van der Waals surface area (Å²) in [5.74, 6) is 1.94. The van der Waals surface area contributed by atoms with Crippen LogP contribution in [-0.4, -0.2) is 24.1 Å². The molecular formula is C23H21NO4. The molecule has 1 unspecified atom stereocenters. The van der Waals surface area contributed by atoms with Crippen molar-refractivity contribution >= 4 is 5.91 Å². The Morgan fingerprint density at radius 2 is 1.64 bits per heavy atom. The lowest BCUT2D eigenvalue weighted by molar-refractivity contribution is 0.0223. The number of amides is 1. The van der Waals surface area contributed by atoms with Crippen molar-refractivity contribution in [1.29, 1.82) is 0 Å². The highest BCUT2D eigenvalue weighted by Gasteiger charge is 2.28. The quantitative estimate of drug-likeness (QED) is 0.588. The van der Waals surface area contributed by atoms with E-state index in [1.165, 1.54) is 0 Å². The second-order valence-electron chi connectivity index (χ2n) is 6.35. The van der Waals surface area contributed by atoms with Gasteiger partial charge in [0.15, 0.2) is 11.5 Å². The molecule has 4 rings (SSSR count). The van der Waals surface area contributed by atoms with E-state index in [4.69, 9.17) is 14.2 Å². The van der Waals surface area contributed by atoms with Crippen molar-refractivity contribution in [3.8, 4) is 17.2 Å². The third kappa shape index (κ3) is 3.64. The van der Waals surface area contributed by atoms with Crippen molar-refractivity contribution in [3.05, 3.63) is 90.0 Å². The van der Waals surface area contributed by atoms with E-state index >= 15 is 0 Å². The molecule has 0 bridgehead atoms. The Hall–Kier alpha value is -3.47. The van der Waals surface area contributed by atoms with E-state index in [9.17, 15) is 4.79 Å². The topological polar surface area (TPSA) is 48.0 Å². The first kappa shape index (κ1) is 17.9. The average Bonchev–Trinajstić information content (AvgIpc) is 3.22. The van der Waals surface area contributed by atoms with E-state index in [0.717, 1.165) is 5.56 Å². The molecule has 3 aromatic rings. The normalized spacial score (nSPS) is 13.0. The van der Waals surface area contributed by atoms with Crippen LogP contribution in [0.3, 0.4) is 0 Å². The summed E-state index contributed by atoms with van der Waals surface area (Å²) in [7, 11) is 0. The van der Waals surface area contributed by atoms with E-state index in [-0.39, 0.29) is 12.7 Å². The van der Waals surface area contributed by atoms with Crippen molar-refractivity contribution in [2.45, 2.75) is 13.2 Å². The Morgan fingerprint density at radius 1 is 0.964 bits per heavy atom. The molecule has 1 aliphatic heterocycles. The zero-order valence-electron chi connectivity index (χ0n) is 15.6. The van der Waals surface area contributed by atoms with Crippen LogP contribution in [-0.2, 0) is 0 Å². The van der Waals surface area contributed by atoms with Gasteiger partial charge in [0.05, 0.1) is 0 Å². The lowest BCUT2D eigenvalue weighted by atomic mass is 10.1. The number of hydrogen-bond acceptors (Lipinski definition) is 4. The fraction of sp³-hybridized carbons (Fsp3) is 0.174. The highest BCUT2D eigenvalue weighted by molar-refractivity contribution is 5.94. The van der Waals surface area contributed by atoms with Crippen LogP contribution in [0.1, 0.15) is 29.1 Å². The van der Waals surface area contributed by atoms with E-state index in [0.29, 0.717) is 29.4 Å². The standard InChI is InChI=1S/C23H21NO4/c1-2-24(22(25)17-9-5-3-6-10-17)23(28-19-11-7-4-8-12-19)18-13-14-20-21(15-18)27-16-26-20/h3-15,23H,2,16H2,1H3. The van der Waals surface area contributed by atoms with E-state index < -0.39 is 6.23 Å². The minimum atomic E-state index is -0.602. The van der Waals surface area contributed by atoms with E-state index in [1.54, 1.807) is 4.90 Å². The van der Waals surface area contributed by atoms with Gasteiger partial charge in [0.2, 0.25) is 13.0 Å². The molecule has 28 heavy (non-hydrogen) atoms. The largest absolute Gasteiger partial charge is 0.466 e. The molecule has 1 atom stereocenters. The number of hydrogen-bond donors (Lipinski definition) is 0. The van der Waals surface area contributed by atoms with Gasteiger partial charge in [0, 0.05) is 17.7 Å².